The molecule has 0 saturated heterocycles. The van der Waals surface area contributed by atoms with Crippen molar-refractivity contribution in [1.82, 2.24) is 5.32 Å². The number of carboxylic acid groups (broad SMARTS) is 1. The van der Waals surface area contributed by atoms with Gasteiger partial charge in [-0.05, 0) is 50.5 Å². The summed E-state index contributed by atoms with van der Waals surface area (Å²) >= 11 is 0. The van der Waals surface area contributed by atoms with E-state index in [1.165, 1.54) is 0 Å². The van der Waals surface area contributed by atoms with E-state index in [9.17, 15) is 14.7 Å². The molecule has 0 aliphatic carbocycles. The molecule has 0 heterocycles. The van der Waals surface area contributed by atoms with Crippen molar-refractivity contribution in [1.29, 1.82) is 0 Å². The van der Waals surface area contributed by atoms with Gasteiger partial charge in [0.25, 0.3) is 5.91 Å². The van der Waals surface area contributed by atoms with E-state index in [0.29, 0.717) is 17.7 Å². The lowest BCUT2D eigenvalue weighted by Gasteiger charge is -2.21. The van der Waals surface area contributed by atoms with Gasteiger partial charge in [-0.1, -0.05) is 13.8 Å². The van der Waals surface area contributed by atoms with E-state index in [2.05, 4.69) is 5.32 Å². The van der Waals surface area contributed by atoms with Gasteiger partial charge in [-0.2, -0.15) is 0 Å². The predicted octanol–water partition coefficient (Wildman–Crippen LogP) is 1.37. The minimum absolute atomic E-state index is 0.0539. The molecule has 1 amide bonds. The molecule has 0 radical (unpaired) electrons. The van der Waals surface area contributed by atoms with Crippen LogP contribution < -0.4 is 15.2 Å². The number of hydrogen-bond donors (Lipinski definition) is 1. The van der Waals surface area contributed by atoms with E-state index >= 15 is 0 Å². The summed E-state index contributed by atoms with van der Waals surface area (Å²) in [5, 5.41) is 13.5. The first kappa shape index (κ1) is 17.0. The molecule has 21 heavy (non-hydrogen) atoms. The van der Waals surface area contributed by atoms with Crippen LogP contribution in [0.3, 0.4) is 0 Å². The second-order valence-corrected chi connectivity index (χ2v) is 5.67. The number of carbonyl (C=O) groups is 2. The van der Waals surface area contributed by atoms with Gasteiger partial charge >= 0.3 is 0 Å². The molecule has 1 aromatic rings. The van der Waals surface area contributed by atoms with E-state index in [1.54, 1.807) is 24.3 Å². The number of aliphatic carboxylic acids is 1. The molecule has 1 atom stereocenters. The van der Waals surface area contributed by atoms with Crippen molar-refractivity contribution in [2.45, 2.75) is 46.3 Å². The fourth-order valence-corrected chi connectivity index (χ4v) is 1.88. The molecule has 5 heteroatoms. The molecule has 1 N–H and O–H groups in total. The zero-order chi connectivity index (χ0) is 16.0. The summed E-state index contributed by atoms with van der Waals surface area (Å²) in [6.45, 7) is 7.61. The standard InChI is InChI=1S/C16H23NO4/c1-10(2)9-14(16(19)20)17-15(18)12-5-7-13(8-6-12)21-11(3)4/h5-8,10-11,14H,9H2,1-4H3,(H,17,18)(H,19,20)/p-1. The highest BCUT2D eigenvalue weighted by atomic mass is 16.5. The normalized spacial score (nSPS) is 12.3. The Morgan fingerprint density at radius 1 is 1.14 bits per heavy atom. The fraction of sp³-hybridized carbons (Fsp3) is 0.500. The number of ether oxygens (including phenoxy) is 1. The average molecular weight is 292 g/mol. The van der Waals surface area contributed by atoms with Crippen molar-refractivity contribution in [2.24, 2.45) is 5.92 Å². The first-order valence-corrected chi connectivity index (χ1v) is 7.08. The van der Waals surface area contributed by atoms with Crippen molar-refractivity contribution in [3.63, 3.8) is 0 Å². The first-order valence-electron chi connectivity index (χ1n) is 7.08. The molecule has 0 saturated carbocycles. The van der Waals surface area contributed by atoms with E-state index < -0.39 is 17.9 Å². The maximum absolute atomic E-state index is 12.0. The zero-order valence-corrected chi connectivity index (χ0v) is 12.9. The van der Waals surface area contributed by atoms with Crippen LogP contribution >= 0.6 is 0 Å². The van der Waals surface area contributed by atoms with Crippen LogP contribution in [0.15, 0.2) is 24.3 Å². The number of rotatable bonds is 7. The van der Waals surface area contributed by atoms with Gasteiger partial charge in [0.1, 0.15) is 5.75 Å². The van der Waals surface area contributed by atoms with Crippen molar-refractivity contribution >= 4 is 11.9 Å². The number of amides is 1. The molecule has 116 valence electrons. The van der Waals surface area contributed by atoms with Crippen molar-refractivity contribution in [2.75, 3.05) is 0 Å². The zero-order valence-electron chi connectivity index (χ0n) is 12.9. The van der Waals surface area contributed by atoms with Gasteiger partial charge in [-0.15, -0.1) is 0 Å². The number of hydrogen-bond acceptors (Lipinski definition) is 4. The minimum Gasteiger partial charge on any atom is -0.548 e. The van der Waals surface area contributed by atoms with Crippen LogP contribution in [0, 0.1) is 5.92 Å². The molecule has 1 aromatic carbocycles. The summed E-state index contributed by atoms with van der Waals surface area (Å²) in [4.78, 5) is 23.1. The largest absolute Gasteiger partial charge is 0.548 e. The summed E-state index contributed by atoms with van der Waals surface area (Å²) in [6, 6.07) is 5.60. The number of benzene rings is 1. The Morgan fingerprint density at radius 2 is 1.71 bits per heavy atom. The molecular weight excluding hydrogens is 270 g/mol. The highest BCUT2D eigenvalue weighted by molar-refractivity contribution is 5.96. The Morgan fingerprint density at radius 3 is 2.14 bits per heavy atom. The Labute approximate surface area is 125 Å². The molecular formula is C16H22NO4-. The van der Waals surface area contributed by atoms with Gasteiger partial charge in [0.2, 0.25) is 0 Å². The first-order chi connectivity index (χ1) is 9.79. The molecule has 0 aliphatic rings. The molecule has 0 fully saturated rings. The maximum Gasteiger partial charge on any atom is 0.251 e. The maximum atomic E-state index is 12.0. The number of carbonyl (C=O) groups excluding carboxylic acids is 2. The molecule has 1 unspecified atom stereocenters. The SMILES string of the molecule is CC(C)CC(NC(=O)c1ccc(OC(C)C)cc1)C(=O)[O-]. The Kier molecular flexibility index (Phi) is 6.21. The lowest BCUT2D eigenvalue weighted by molar-refractivity contribution is -0.308. The van der Waals surface area contributed by atoms with Crippen molar-refractivity contribution in [3.05, 3.63) is 29.8 Å². The summed E-state index contributed by atoms with van der Waals surface area (Å²) < 4.78 is 5.49. The topological polar surface area (TPSA) is 78.5 Å². The van der Waals surface area contributed by atoms with Crippen LogP contribution in [0.25, 0.3) is 0 Å². The average Bonchev–Trinajstić information content (AvgIpc) is 2.37. The quantitative estimate of drug-likeness (QED) is 0.823. The van der Waals surface area contributed by atoms with Crippen LogP contribution in [0.5, 0.6) is 5.75 Å². The van der Waals surface area contributed by atoms with Crippen molar-refractivity contribution < 1.29 is 19.4 Å². The molecule has 0 aromatic heterocycles. The third kappa shape index (κ3) is 5.85. The van der Waals surface area contributed by atoms with Gasteiger partial charge in [-0.25, -0.2) is 0 Å². The van der Waals surface area contributed by atoms with Gasteiger partial charge in [0.05, 0.1) is 18.1 Å². The fourth-order valence-electron chi connectivity index (χ4n) is 1.88. The van der Waals surface area contributed by atoms with Gasteiger partial charge in [0.15, 0.2) is 0 Å². The molecule has 5 nitrogen and oxygen atoms in total. The smallest absolute Gasteiger partial charge is 0.251 e. The van der Waals surface area contributed by atoms with Gasteiger partial charge in [0, 0.05) is 5.56 Å². The minimum atomic E-state index is -1.27. The summed E-state index contributed by atoms with van der Waals surface area (Å²) in [6.07, 6.45) is 0.390. The summed E-state index contributed by atoms with van der Waals surface area (Å²) in [5.41, 5.74) is 0.390. The van der Waals surface area contributed by atoms with E-state index in [-0.39, 0.29) is 12.0 Å². The number of carboxylic acids is 1. The monoisotopic (exact) mass is 292 g/mol. The van der Waals surface area contributed by atoms with Crippen LogP contribution in [-0.4, -0.2) is 24.0 Å². The predicted molar refractivity (Wildman–Crippen MR) is 77.9 cm³/mol. The Balaban J connectivity index is 2.71. The highest BCUT2D eigenvalue weighted by Crippen LogP contribution is 2.14. The van der Waals surface area contributed by atoms with Crippen molar-refractivity contribution in [3.8, 4) is 5.75 Å². The van der Waals surface area contributed by atoms with Crippen LogP contribution in [0.4, 0.5) is 0 Å². The third-order valence-electron chi connectivity index (χ3n) is 2.79. The second kappa shape index (κ2) is 7.67. The van der Waals surface area contributed by atoms with Crippen LogP contribution in [0.1, 0.15) is 44.5 Å². The Hall–Kier alpha value is -2.04. The summed E-state index contributed by atoms with van der Waals surface area (Å²) in [7, 11) is 0. The molecule has 1 rings (SSSR count). The van der Waals surface area contributed by atoms with Gasteiger partial charge in [-0.3, -0.25) is 4.79 Å². The second-order valence-electron chi connectivity index (χ2n) is 5.67. The number of nitrogens with one attached hydrogen (secondary N) is 1. The van der Waals surface area contributed by atoms with Gasteiger partial charge < -0.3 is 20.0 Å². The van der Waals surface area contributed by atoms with Crippen LogP contribution in [0.2, 0.25) is 0 Å². The summed E-state index contributed by atoms with van der Waals surface area (Å²) in [5.74, 6) is -0.882. The highest BCUT2D eigenvalue weighted by Gasteiger charge is 2.16. The molecule has 0 spiro atoms. The molecule has 0 bridgehead atoms. The van der Waals surface area contributed by atoms with Crippen LogP contribution in [-0.2, 0) is 4.79 Å². The Bertz CT molecular complexity index is 480. The lowest BCUT2D eigenvalue weighted by atomic mass is 10.0. The van der Waals surface area contributed by atoms with E-state index in [4.69, 9.17) is 4.74 Å². The van der Waals surface area contributed by atoms with E-state index in [1.807, 2.05) is 27.7 Å². The molecule has 0 aliphatic heterocycles. The third-order valence-corrected chi connectivity index (χ3v) is 2.79. The van der Waals surface area contributed by atoms with E-state index in [0.717, 1.165) is 0 Å². The lowest BCUT2D eigenvalue weighted by Crippen LogP contribution is -2.48.